The van der Waals surface area contributed by atoms with E-state index in [0.29, 0.717) is 23.2 Å². The Kier molecular flexibility index (Phi) is 4.18. The van der Waals surface area contributed by atoms with Gasteiger partial charge in [-0.15, -0.1) is 0 Å². The van der Waals surface area contributed by atoms with Crippen LogP contribution in [0.3, 0.4) is 0 Å². The maximum absolute atomic E-state index is 13.3. The zero-order chi connectivity index (χ0) is 15.6. The van der Waals surface area contributed by atoms with Crippen molar-refractivity contribution in [1.82, 2.24) is 0 Å². The Labute approximate surface area is 123 Å². The van der Waals surface area contributed by atoms with E-state index in [-0.39, 0.29) is 10.6 Å². The second kappa shape index (κ2) is 5.73. The number of hydrogen-bond donors (Lipinski definition) is 2. The van der Waals surface area contributed by atoms with E-state index in [1.807, 2.05) is 6.92 Å². The molecule has 6 heteroatoms. The van der Waals surface area contributed by atoms with Crippen molar-refractivity contribution in [2.45, 2.75) is 25.2 Å². The lowest BCUT2D eigenvalue weighted by atomic mass is 10.1. The normalized spacial score (nSPS) is 11.4. The van der Waals surface area contributed by atoms with Gasteiger partial charge in [-0.25, -0.2) is 12.8 Å². The Morgan fingerprint density at radius 1 is 1.19 bits per heavy atom. The standard InChI is InChI=1S/C15H17FN2O2S/c1-3-11-5-7-13(17)9-15(11)21(19,20)18-14-8-12(16)6-4-10(14)2/h4-9,18H,3,17H2,1-2H3. The molecule has 0 unspecified atom stereocenters. The minimum Gasteiger partial charge on any atom is -0.399 e. The third-order valence-electron chi connectivity index (χ3n) is 3.21. The molecule has 0 atom stereocenters. The smallest absolute Gasteiger partial charge is 0.262 e. The molecule has 0 aliphatic heterocycles. The van der Waals surface area contributed by atoms with Crippen molar-refractivity contribution in [3.05, 3.63) is 53.3 Å². The molecule has 0 spiro atoms. The van der Waals surface area contributed by atoms with Gasteiger partial charge in [-0.2, -0.15) is 0 Å². The Morgan fingerprint density at radius 3 is 2.57 bits per heavy atom. The highest BCUT2D eigenvalue weighted by Gasteiger charge is 2.19. The van der Waals surface area contributed by atoms with Gasteiger partial charge in [0.1, 0.15) is 5.82 Å². The molecule has 0 aromatic heterocycles. The second-order valence-electron chi connectivity index (χ2n) is 4.79. The van der Waals surface area contributed by atoms with Crippen molar-refractivity contribution in [2.75, 3.05) is 10.5 Å². The zero-order valence-corrected chi connectivity index (χ0v) is 12.7. The topological polar surface area (TPSA) is 72.2 Å². The van der Waals surface area contributed by atoms with Crippen LogP contribution in [0.1, 0.15) is 18.1 Å². The highest BCUT2D eigenvalue weighted by Crippen LogP contribution is 2.24. The maximum Gasteiger partial charge on any atom is 0.262 e. The summed E-state index contributed by atoms with van der Waals surface area (Å²) in [5, 5.41) is 0. The SMILES string of the molecule is CCc1ccc(N)cc1S(=O)(=O)Nc1cc(F)ccc1C. The number of rotatable bonds is 4. The maximum atomic E-state index is 13.3. The molecule has 0 saturated carbocycles. The molecule has 0 heterocycles. The third kappa shape index (κ3) is 3.33. The largest absolute Gasteiger partial charge is 0.399 e. The van der Waals surface area contributed by atoms with Crippen LogP contribution >= 0.6 is 0 Å². The number of hydrogen-bond acceptors (Lipinski definition) is 3. The van der Waals surface area contributed by atoms with E-state index >= 15 is 0 Å². The fourth-order valence-corrected chi connectivity index (χ4v) is 3.49. The molecule has 4 nitrogen and oxygen atoms in total. The van der Waals surface area contributed by atoms with Crippen molar-refractivity contribution in [1.29, 1.82) is 0 Å². The van der Waals surface area contributed by atoms with E-state index < -0.39 is 15.8 Å². The van der Waals surface area contributed by atoms with Gasteiger partial charge in [0.25, 0.3) is 10.0 Å². The molecule has 0 saturated heterocycles. The van der Waals surface area contributed by atoms with Crippen LogP contribution < -0.4 is 10.5 Å². The summed E-state index contributed by atoms with van der Waals surface area (Å²) in [4.78, 5) is 0.119. The molecule has 0 radical (unpaired) electrons. The van der Waals surface area contributed by atoms with Gasteiger partial charge in [0.2, 0.25) is 0 Å². The van der Waals surface area contributed by atoms with Crippen molar-refractivity contribution in [3.63, 3.8) is 0 Å². The fraction of sp³-hybridized carbons (Fsp3) is 0.200. The first-order valence-corrected chi connectivity index (χ1v) is 7.99. The van der Waals surface area contributed by atoms with Crippen molar-refractivity contribution >= 4 is 21.4 Å². The van der Waals surface area contributed by atoms with Crippen LogP contribution in [0.15, 0.2) is 41.3 Å². The number of aryl methyl sites for hydroxylation is 2. The van der Waals surface area contributed by atoms with Crippen molar-refractivity contribution in [3.8, 4) is 0 Å². The van der Waals surface area contributed by atoms with Gasteiger partial charge >= 0.3 is 0 Å². The quantitative estimate of drug-likeness (QED) is 0.853. The van der Waals surface area contributed by atoms with Crippen LogP contribution in [0.2, 0.25) is 0 Å². The van der Waals surface area contributed by atoms with Gasteiger partial charge in [-0.05, 0) is 48.7 Å². The molecule has 0 bridgehead atoms. The van der Waals surface area contributed by atoms with E-state index in [4.69, 9.17) is 5.73 Å². The summed E-state index contributed by atoms with van der Waals surface area (Å²) in [5.74, 6) is -0.499. The summed E-state index contributed by atoms with van der Waals surface area (Å²) in [6.45, 7) is 3.56. The van der Waals surface area contributed by atoms with E-state index in [0.717, 1.165) is 6.07 Å². The molecule has 112 valence electrons. The summed E-state index contributed by atoms with van der Waals surface area (Å²) in [7, 11) is -3.81. The molecular formula is C15H17FN2O2S. The molecule has 0 fully saturated rings. The Hall–Kier alpha value is -2.08. The molecule has 2 aromatic carbocycles. The minimum absolute atomic E-state index is 0.119. The van der Waals surface area contributed by atoms with Gasteiger partial charge in [-0.3, -0.25) is 4.72 Å². The highest BCUT2D eigenvalue weighted by molar-refractivity contribution is 7.92. The van der Waals surface area contributed by atoms with Crippen molar-refractivity contribution in [2.24, 2.45) is 0 Å². The Balaban J connectivity index is 2.48. The number of benzene rings is 2. The van der Waals surface area contributed by atoms with Crippen LogP contribution in [-0.4, -0.2) is 8.42 Å². The van der Waals surface area contributed by atoms with Crippen LogP contribution in [0.25, 0.3) is 0 Å². The first-order valence-electron chi connectivity index (χ1n) is 6.51. The Morgan fingerprint density at radius 2 is 1.90 bits per heavy atom. The first-order chi connectivity index (χ1) is 9.83. The predicted molar refractivity (Wildman–Crippen MR) is 82.2 cm³/mol. The molecule has 0 aliphatic carbocycles. The van der Waals surface area contributed by atoms with E-state index in [1.54, 1.807) is 19.1 Å². The average molecular weight is 308 g/mol. The third-order valence-corrected chi connectivity index (χ3v) is 4.65. The summed E-state index contributed by atoms with van der Waals surface area (Å²) < 4.78 is 40.7. The number of nitrogens with one attached hydrogen (secondary N) is 1. The van der Waals surface area contributed by atoms with Crippen LogP contribution in [0, 0.1) is 12.7 Å². The Bertz CT molecular complexity index is 773. The van der Waals surface area contributed by atoms with E-state index in [2.05, 4.69) is 4.72 Å². The predicted octanol–water partition coefficient (Wildman–Crippen LogP) is 3.08. The second-order valence-corrected chi connectivity index (χ2v) is 6.44. The number of sulfonamides is 1. The first kappa shape index (κ1) is 15.3. The molecule has 21 heavy (non-hydrogen) atoms. The molecule has 0 amide bonds. The van der Waals surface area contributed by atoms with Gasteiger partial charge in [0.15, 0.2) is 0 Å². The molecule has 2 rings (SSSR count). The molecule has 0 aliphatic rings. The number of anilines is 2. The molecule has 3 N–H and O–H groups in total. The lowest BCUT2D eigenvalue weighted by Gasteiger charge is -2.13. The van der Waals surface area contributed by atoms with Gasteiger partial charge in [0.05, 0.1) is 10.6 Å². The summed E-state index contributed by atoms with van der Waals surface area (Å²) in [6, 6.07) is 8.71. The zero-order valence-electron chi connectivity index (χ0n) is 11.9. The summed E-state index contributed by atoms with van der Waals surface area (Å²) in [6.07, 6.45) is 0.554. The molecular weight excluding hydrogens is 291 g/mol. The average Bonchev–Trinajstić information content (AvgIpc) is 2.42. The number of nitrogen functional groups attached to an aromatic ring is 1. The number of halogens is 1. The monoisotopic (exact) mass is 308 g/mol. The lowest BCUT2D eigenvalue weighted by Crippen LogP contribution is -2.16. The lowest BCUT2D eigenvalue weighted by molar-refractivity contribution is 0.600. The molecule has 2 aromatic rings. The summed E-state index contributed by atoms with van der Waals surface area (Å²) in [5.41, 5.74) is 7.56. The van der Waals surface area contributed by atoms with Gasteiger partial charge < -0.3 is 5.73 Å². The van der Waals surface area contributed by atoms with Gasteiger partial charge in [0, 0.05) is 5.69 Å². The van der Waals surface area contributed by atoms with Gasteiger partial charge in [-0.1, -0.05) is 19.1 Å². The van der Waals surface area contributed by atoms with E-state index in [9.17, 15) is 12.8 Å². The van der Waals surface area contributed by atoms with Crippen LogP contribution in [0.5, 0.6) is 0 Å². The summed E-state index contributed by atoms with van der Waals surface area (Å²) >= 11 is 0. The van der Waals surface area contributed by atoms with E-state index in [1.165, 1.54) is 18.2 Å². The van der Waals surface area contributed by atoms with Crippen LogP contribution in [-0.2, 0) is 16.4 Å². The number of nitrogens with two attached hydrogens (primary N) is 1. The minimum atomic E-state index is -3.81. The fourth-order valence-electron chi connectivity index (χ4n) is 2.02. The highest BCUT2D eigenvalue weighted by atomic mass is 32.2. The van der Waals surface area contributed by atoms with Crippen LogP contribution in [0.4, 0.5) is 15.8 Å². The van der Waals surface area contributed by atoms with Crippen molar-refractivity contribution < 1.29 is 12.8 Å².